The molecule has 0 aromatic heterocycles. The first-order chi connectivity index (χ1) is 28.5. The number of hydrogen-bond acceptors (Lipinski definition) is 0. The zero-order valence-electron chi connectivity index (χ0n) is 34.7. The first-order valence-corrected chi connectivity index (χ1v) is 21.2. The summed E-state index contributed by atoms with van der Waals surface area (Å²) < 4.78 is 0. The van der Waals surface area contributed by atoms with Gasteiger partial charge in [0.25, 0.3) is 0 Å². The Labute approximate surface area is 347 Å². The normalized spacial score (nSPS) is 15.7. The van der Waals surface area contributed by atoms with Crippen LogP contribution in [-0.4, -0.2) is 0 Å². The van der Waals surface area contributed by atoms with Crippen LogP contribution in [0, 0.1) is 0 Å². The van der Waals surface area contributed by atoms with Crippen LogP contribution in [0.25, 0.3) is 88.3 Å². The van der Waals surface area contributed by atoms with Gasteiger partial charge in [0, 0.05) is 16.2 Å². The average molecular weight is 755 g/mol. The van der Waals surface area contributed by atoms with Crippen molar-refractivity contribution in [3.8, 4) is 66.8 Å². The van der Waals surface area contributed by atoms with Crippen molar-refractivity contribution >= 4 is 21.5 Å². The fourth-order valence-electron chi connectivity index (χ4n) is 11.3. The molecule has 0 heteroatoms. The lowest BCUT2D eigenvalue weighted by Gasteiger charge is -2.23. The summed E-state index contributed by atoms with van der Waals surface area (Å²) in [5.74, 6) is 0. The van der Waals surface area contributed by atoms with Crippen molar-refractivity contribution in [2.24, 2.45) is 0 Å². The predicted molar refractivity (Wildman–Crippen MR) is 250 cm³/mol. The molecule has 0 saturated heterocycles. The Morgan fingerprint density at radius 2 is 0.576 bits per heavy atom. The van der Waals surface area contributed by atoms with Gasteiger partial charge >= 0.3 is 0 Å². The molecule has 59 heavy (non-hydrogen) atoms. The van der Waals surface area contributed by atoms with Crippen molar-refractivity contribution in [1.29, 1.82) is 0 Å². The van der Waals surface area contributed by atoms with E-state index in [4.69, 9.17) is 0 Å². The molecular weight excluding hydrogens is 709 g/mol. The van der Waals surface area contributed by atoms with Gasteiger partial charge in [-0.2, -0.15) is 0 Å². The Hall–Kier alpha value is -6.50. The van der Waals surface area contributed by atoms with Crippen LogP contribution in [0.4, 0.5) is 0 Å². The van der Waals surface area contributed by atoms with Crippen molar-refractivity contribution in [2.45, 2.75) is 57.8 Å². The van der Waals surface area contributed by atoms with Crippen molar-refractivity contribution in [1.82, 2.24) is 0 Å². The zero-order valence-corrected chi connectivity index (χ0v) is 34.7. The number of rotatable bonds is 3. The predicted octanol–water partition coefficient (Wildman–Crippen LogP) is 15.9. The molecule has 0 aliphatic heterocycles. The van der Waals surface area contributed by atoms with Gasteiger partial charge in [-0.1, -0.05) is 175 Å². The second kappa shape index (κ2) is 11.8. The molecule has 0 N–H and O–H groups in total. The van der Waals surface area contributed by atoms with Crippen LogP contribution in [-0.2, 0) is 16.2 Å². The van der Waals surface area contributed by atoms with Crippen molar-refractivity contribution in [3.63, 3.8) is 0 Å². The maximum absolute atomic E-state index is 2.47. The summed E-state index contributed by atoms with van der Waals surface area (Å²) in [7, 11) is 0. The molecule has 0 radical (unpaired) electrons. The third kappa shape index (κ3) is 4.78. The van der Waals surface area contributed by atoms with Gasteiger partial charge in [0.15, 0.2) is 0 Å². The first-order valence-electron chi connectivity index (χ1n) is 21.2. The first kappa shape index (κ1) is 34.5. The van der Waals surface area contributed by atoms with Crippen LogP contribution in [0.15, 0.2) is 170 Å². The fourth-order valence-corrected chi connectivity index (χ4v) is 11.3. The third-order valence-corrected chi connectivity index (χ3v) is 14.7. The monoisotopic (exact) mass is 754 g/mol. The minimum Gasteiger partial charge on any atom is -0.0619 e. The van der Waals surface area contributed by atoms with Gasteiger partial charge in [0.1, 0.15) is 0 Å². The maximum atomic E-state index is 2.47. The summed E-state index contributed by atoms with van der Waals surface area (Å²) in [5, 5.41) is 5.22. The van der Waals surface area contributed by atoms with E-state index in [-0.39, 0.29) is 16.2 Å². The Kier molecular flexibility index (Phi) is 6.91. The highest BCUT2D eigenvalue weighted by Gasteiger charge is 2.38. The summed E-state index contributed by atoms with van der Waals surface area (Å²) in [4.78, 5) is 0. The van der Waals surface area contributed by atoms with Gasteiger partial charge < -0.3 is 0 Å². The highest BCUT2D eigenvalue weighted by molar-refractivity contribution is 6.11. The molecule has 0 heterocycles. The largest absolute Gasteiger partial charge is 0.0619 e. The second-order valence-electron chi connectivity index (χ2n) is 18.9. The van der Waals surface area contributed by atoms with E-state index in [2.05, 4.69) is 211 Å². The lowest BCUT2D eigenvalue weighted by Crippen LogP contribution is -2.15. The number of benzene rings is 9. The van der Waals surface area contributed by atoms with E-state index in [1.807, 2.05) is 0 Å². The van der Waals surface area contributed by atoms with Crippen LogP contribution in [0.5, 0.6) is 0 Å². The van der Waals surface area contributed by atoms with Crippen LogP contribution in [0.1, 0.15) is 74.9 Å². The fraction of sp³-hybridized carbons (Fsp3) is 0.153. The van der Waals surface area contributed by atoms with Crippen molar-refractivity contribution in [2.75, 3.05) is 0 Å². The molecular formula is C59H46. The number of hydrogen-bond donors (Lipinski definition) is 0. The SMILES string of the molecule is CC1(C)c2ccccc2-c2ccc(-c3ccc4c(c3)C(C)(C)c3cc(-c5ccc(-c6ccc7ccc8cc9c(cc8c7c6)C(C)(C)c6ccccc6-9)cc5)ccc3-4)cc21. The second-order valence-corrected chi connectivity index (χ2v) is 18.9. The molecule has 0 nitrogen and oxygen atoms in total. The van der Waals surface area contributed by atoms with E-state index >= 15 is 0 Å². The Morgan fingerprint density at radius 3 is 1.12 bits per heavy atom. The summed E-state index contributed by atoms with van der Waals surface area (Å²) >= 11 is 0. The van der Waals surface area contributed by atoms with Crippen LogP contribution >= 0.6 is 0 Å². The van der Waals surface area contributed by atoms with Gasteiger partial charge in [0.2, 0.25) is 0 Å². The molecule has 0 fully saturated rings. The van der Waals surface area contributed by atoms with E-state index in [1.54, 1.807) is 0 Å². The van der Waals surface area contributed by atoms with Crippen LogP contribution < -0.4 is 0 Å². The topological polar surface area (TPSA) is 0 Å². The Morgan fingerprint density at radius 1 is 0.237 bits per heavy atom. The van der Waals surface area contributed by atoms with Crippen LogP contribution in [0.2, 0.25) is 0 Å². The smallest absolute Gasteiger partial charge is 0.0159 e. The molecule has 0 amide bonds. The molecule has 3 aliphatic carbocycles. The summed E-state index contributed by atoms with van der Waals surface area (Å²) in [6.45, 7) is 14.3. The highest BCUT2D eigenvalue weighted by Crippen LogP contribution is 2.53. The van der Waals surface area contributed by atoms with Crippen LogP contribution in [0.3, 0.4) is 0 Å². The van der Waals surface area contributed by atoms with Crippen molar-refractivity contribution in [3.05, 3.63) is 203 Å². The van der Waals surface area contributed by atoms with Gasteiger partial charge in [-0.15, -0.1) is 0 Å². The molecule has 3 aliphatic rings. The van der Waals surface area contributed by atoms with E-state index in [0.717, 1.165) is 0 Å². The van der Waals surface area contributed by atoms with Gasteiger partial charge in [-0.3, -0.25) is 0 Å². The van der Waals surface area contributed by atoms with E-state index in [9.17, 15) is 0 Å². The van der Waals surface area contributed by atoms with E-state index in [0.29, 0.717) is 0 Å². The van der Waals surface area contributed by atoms with Crippen molar-refractivity contribution < 1.29 is 0 Å². The highest BCUT2D eigenvalue weighted by atomic mass is 14.4. The molecule has 0 atom stereocenters. The molecule has 9 aromatic carbocycles. The molecule has 282 valence electrons. The third-order valence-electron chi connectivity index (χ3n) is 14.7. The minimum absolute atomic E-state index is 0.0148. The molecule has 0 saturated carbocycles. The molecule has 0 unspecified atom stereocenters. The lowest BCUT2D eigenvalue weighted by atomic mass is 9.80. The van der Waals surface area contributed by atoms with Gasteiger partial charge in [-0.25, -0.2) is 0 Å². The lowest BCUT2D eigenvalue weighted by molar-refractivity contribution is 0.659. The molecule has 9 aromatic rings. The standard InChI is InChI=1S/C59H46/c1-57(2)51-13-9-7-11-43(51)45-27-24-40(32-53(45)57)41-25-28-47-46-26-23-39(31-54(46)59(5,6)55(47)33-41)36-17-15-35(16-18-36)38-21-19-37-20-22-42-30-50-44-12-8-10-14-52(44)58(3,4)56(50)34-49(42)48(37)29-38/h7-34H,1-6H3. The Balaban J connectivity index is 0.859. The Bertz CT molecular complexity index is 3270. The molecule has 12 rings (SSSR count). The zero-order chi connectivity index (χ0) is 40.0. The number of fused-ring (bicyclic) bond motifs is 12. The van der Waals surface area contributed by atoms with Gasteiger partial charge in [0.05, 0.1) is 0 Å². The maximum Gasteiger partial charge on any atom is 0.0159 e. The minimum atomic E-state index is -0.116. The average Bonchev–Trinajstić information content (AvgIpc) is 3.74. The summed E-state index contributed by atoms with van der Waals surface area (Å²) in [6, 6.07) is 64.8. The van der Waals surface area contributed by atoms with Gasteiger partial charge in [-0.05, 0) is 158 Å². The summed E-state index contributed by atoms with van der Waals surface area (Å²) in [6.07, 6.45) is 0. The molecule has 0 spiro atoms. The summed E-state index contributed by atoms with van der Waals surface area (Å²) in [5.41, 5.74) is 24.1. The van der Waals surface area contributed by atoms with E-state index < -0.39 is 0 Å². The molecule has 0 bridgehead atoms. The quantitative estimate of drug-likeness (QED) is 0.158. The van der Waals surface area contributed by atoms with E-state index in [1.165, 1.54) is 122 Å².